The zero-order valence-electron chi connectivity index (χ0n) is 34.9. The molecule has 9 heteroatoms. The van der Waals surface area contributed by atoms with E-state index in [0.717, 1.165) is 70.6 Å². The third kappa shape index (κ3) is 38.0. The van der Waals surface area contributed by atoms with Gasteiger partial charge in [0.1, 0.15) is 13.2 Å². The quantitative estimate of drug-likeness (QED) is 0.0253. The van der Waals surface area contributed by atoms with Crippen molar-refractivity contribution in [2.75, 3.05) is 40.9 Å². The van der Waals surface area contributed by atoms with Crippen molar-refractivity contribution in [1.82, 2.24) is 5.32 Å². The number of likely N-dealkylation sites (N-methyl/N-ethyl adjacent to an activating group) is 1. The Morgan fingerprint density at radius 2 is 1.09 bits per heavy atom. The van der Waals surface area contributed by atoms with Gasteiger partial charge >= 0.3 is 7.82 Å². The smallest absolute Gasteiger partial charge is 0.391 e. The molecule has 0 radical (unpaired) electrons. The van der Waals surface area contributed by atoms with Crippen LogP contribution in [-0.2, 0) is 18.4 Å². The summed E-state index contributed by atoms with van der Waals surface area (Å²) >= 11 is 0. The molecule has 3 atom stereocenters. The number of nitrogens with zero attached hydrogens (tertiary/aromatic N) is 1. The molecule has 0 saturated heterocycles. The van der Waals surface area contributed by atoms with Crippen molar-refractivity contribution in [3.8, 4) is 0 Å². The monoisotopic (exact) mass is 776 g/mol. The molecule has 0 bridgehead atoms. The highest BCUT2D eigenvalue weighted by molar-refractivity contribution is 7.47. The van der Waals surface area contributed by atoms with Crippen LogP contribution in [0.1, 0.15) is 142 Å². The first-order chi connectivity index (χ1) is 26.0. The van der Waals surface area contributed by atoms with E-state index in [9.17, 15) is 19.4 Å². The Hall–Kier alpha value is -2.32. The lowest BCUT2D eigenvalue weighted by Gasteiger charge is -2.26. The molecule has 54 heavy (non-hydrogen) atoms. The van der Waals surface area contributed by atoms with Crippen molar-refractivity contribution in [3.63, 3.8) is 0 Å². The number of phosphoric acid groups is 1. The molecule has 8 nitrogen and oxygen atoms in total. The van der Waals surface area contributed by atoms with Gasteiger partial charge in [-0.05, 0) is 64.2 Å². The van der Waals surface area contributed by atoms with Gasteiger partial charge in [0.15, 0.2) is 0 Å². The molecule has 1 amide bonds. The number of carbonyl (C=O) groups is 1. The fourth-order valence-corrected chi connectivity index (χ4v) is 6.06. The van der Waals surface area contributed by atoms with Gasteiger partial charge in [0.2, 0.25) is 5.91 Å². The van der Waals surface area contributed by atoms with Crippen molar-refractivity contribution in [3.05, 3.63) is 85.1 Å². The minimum Gasteiger partial charge on any atom is -0.391 e. The van der Waals surface area contributed by atoms with E-state index in [-0.39, 0.29) is 19.1 Å². The number of rotatable bonds is 36. The number of hydrogen-bond acceptors (Lipinski definition) is 5. The standard InChI is InChI=1S/C45H79N2O6P/c1-6-8-10-12-14-16-17-18-19-20-21-22-23-24-25-26-27-28-29-31-33-35-37-39-45(49)46-43(42-53-54(50,51)52-41-40-47(3,4)5)44(48)38-36-34-32-30-15-13-11-9-7-2/h8,10,14,16,18-19,21-22,24-25,27-28,31,33,43-44,48H,6-7,9,11-13,15,17,20,23,26,29-30,32,34-42H2,1-5H3,(H-,46,49,50,51)/p+1/b10-8-,16-14-,19-18-,22-21-,25-24-,28-27-,33-31-. The summed E-state index contributed by atoms with van der Waals surface area (Å²) in [6, 6.07) is -0.794. The zero-order chi connectivity index (χ0) is 40.0. The Kier molecular flexibility index (Phi) is 34.8. The Bertz CT molecular complexity index is 1150. The third-order valence-electron chi connectivity index (χ3n) is 8.66. The number of allylic oxidation sites excluding steroid dienone is 14. The van der Waals surface area contributed by atoms with Crippen LogP contribution in [0, 0.1) is 0 Å². The van der Waals surface area contributed by atoms with Crippen LogP contribution in [0.5, 0.6) is 0 Å². The van der Waals surface area contributed by atoms with Gasteiger partial charge in [0.25, 0.3) is 0 Å². The lowest BCUT2D eigenvalue weighted by atomic mass is 10.0. The van der Waals surface area contributed by atoms with Crippen LogP contribution in [0.4, 0.5) is 0 Å². The first-order valence-corrected chi connectivity index (χ1v) is 22.4. The number of nitrogens with one attached hydrogen (secondary N) is 1. The maximum Gasteiger partial charge on any atom is 0.472 e. The number of phosphoric ester groups is 1. The van der Waals surface area contributed by atoms with Crippen LogP contribution in [0.2, 0.25) is 0 Å². The predicted molar refractivity (Wildman–Crippen MR) is 230 cm³/mol. The van der Waals surface area contributed by atoms with E-state index < -0.39 is 20.0 Å². The average molecular weight is 776 g/mol. The van der Waals surface area contributed by atoms with Gasteiger partial charge in [-0.2, -0.15) is 0 Å². The number of aliphatic hydroxyl groups excluding tert-OH is 1. The van der Waals surface area contributed by atoms with Gasteiger partial charge in [-0.3, -0.25) is 13.8 Å². The van der Waals surface area contributed by atoms with Crippen molar-refractivity contribution < 1.29 is 32.9 Å². The van der Waals surface area contributed by atoms with Crippen molar-refractivity contribution in [1.29, 1.82) is 0 Å². The number of unbranched alkanes of at least 4 members (excludes halogenated alkanes) is 9. The van der Waals surface area contributed by atoms with Crippen LogP contribution in [-0.4, -0.2) is 73.4 Å². The van der Waals surface area contributed by atoms with E-state index in [1.165, 1.54) is 38.5 Å². The van der Waals surface area contributed by atoms with Crippen LogP contribution < -0.4 is 5.32 Å². The van der Waals surface area contributed by atoms with Gasteiger partial charge in [-0.25, -0.2) is 4.57 Å². The maximum atomic E-state index is 12.8. The van der Waals surface area contributed by atoms with Crippen LogP contribution in [0.25, 0.3) is 0 Å². The Balaban J connectivity index is 4.45. The molecule has 0 rings (SSSR count). The molecule has 310 valence electrons. The molecular weight excluding hydrogens is 695 g/mol. The summed E-state index contributed by atoms with van der Waals surface area (Å²) in [5.41, 5.74) is 0. The first kappa shape index (κ1) is 51.7. The largest absolute Gasteiger partial charge is 0.472 e. The normalized spacial score (nSPS) is 15.3. The number of amides is 1. The van der Waals surface area contributed by atoms with Crippen molar-refractivity contribution in [2.24, 2.45) is 0 Å². The molecule has 3 unspecified atom stereocenters. The maximum absolute atomic E-state index is 12.8. The summed E-state index contributed by atoms with van der Waals surface area (Å²) in [5, 5.41) is 13.8. The molecule has 0 aliphatic rings. The minimum absolute atomic E-state index is 0.0584. The molecule has 3 N–H and O–H groups in total. The van der Waals surface area contributed by atoms with Crippen LogP contribution in [0.15, 0.2) is 85.1 Å². The zero-order valence-corrected chi connectivity index (χ0v) is 35.8. The summed E-state index contributed by atoms with van der Waals surface area (Å²) in [4.78, 5) is 23.0. The fraction of sp³-hybridized carbons (Fsp3) is 0.667. The first-order valence-electron chi connectivity index (χ1n) is 21.0. The summed E-state index contributed by atoms with van der Waals surface area (Å²) in [6.45, 7) is 4.67. The van der Waals surface area contributed by atoms with E-state index in [0.29, 0.717) is 30.3 Å². The molecule has 0 aromatic heterocycles. The average Bonchev–Trinajstić information content (AvgIpc) is 3.12. The number of aliphatic hydroxyl groups is 1. The predicted octanol–water partition coefficient (Wildman–Crippen LogP) is 11.4. The van der Waals surface area contributed by atoms with Gasteiger partial charge in [-0.15, -0.1) is 0 Å². The Morgan fingerprint density at radius 3 is 1.56 bits per heavy atom. The Morgan fingerprint density at radius 1 is 0.648 bits per heavy atom. The fourth-order valence-electron chi connectivity index (χ4n) is 5.33. The van der Waals surface area contributed by atoms with Gasteiger partial charge in [0, 0.05) is 6.42 Å². The van der Waals surface area contributed by atoms with E-state index in [1.54, 1.807) is 0 Å². The second-order valence-electron chi connectivity index (χ2n) is 15.0. The second-order valence-corrected chi connectivity index (χ2v) is 16.4. The SMILES string of the molecule is CC/C=C\C/C=C\C/C=C\C/C=C\C/C=C\C/C=C\C/C=C\CCCC(=O)NC(COP(=O)(O)OCC[N+](C)(C)C)C(O)CCCCCCCCCCC. The van der Waals surface area contributed by atoms with Gasteiger partial charge in [-0.1, -0.05) is 157 Å². The molecule has 0 heterocycles. The molecule has 0 aromatic rings. The van der Waals surface area contributed by atoms with E-state index in [2.05, 4.69) is 104 Å². The van der Waals surface area contributed by atoms with Crippen LogP contribution in [0.3, 0.4) is 0 Å². The summed E-state index contributed by atoms with van der Waals surface area (Å²) in [5.74, 6) is -0.209. The molecule has 0 saturated carbocycles. The summed E-state index contributed by atoms with van der Waals surface area (Å²) in [6.07, 6.45) is 49.1. The molecule has 0 fully saturated rings. The summed E-state index contributed by atoms with van der Waals surface area (Å²) < 4.78 is 23.5. The van der Waals surface area contributed by atoms with Crippen molar-refractivity contribution >= 4 is 13.7 Å². The highest BCUT2D eigenvalue weighted by Crippen LogP contribution is 2.43. The van der Waals surface area contributed by atoms with Gasteiger partial charge in [0.05, 0.1) is 39.9 Å². The number of carbonyl (C=O) groups excluding carboxylic acids is 1. The molecule has 0 aliphatic heterocycles. The van der Waals surface area contributed by atoms with E-state index in [1.807, 2.05) is 21.1 Å². The molecule has 0 aliphatic carbocycles. The molecular formula is C45H80N2O6P+. The highest BCUT2D eigenvalue weighted by Gasteiger charge is 2.28. The minimum atomic E-state index is -4.33. The summed E-state index contributed by atoms with van der Waals surface area (Å²) in [7, 11) is 1.56. The van der Waals surface area contributed by atoms with E-state index in [4.69, 9.17) is 9.05 Å². The Labute approximate surface area is 331 Å². The molecule has 0 aromatic carbocycles. The topological polar surface area (TPSA) is 105 Å². The highest BCUT2D eigenvalue weighted by atomic mass is 31.2. The van der Waals surface area contributed by atoms with E-state index >= 15 is 0 Å². The molecule has 0 spiro atoms. The van der Waals surface area contributed by atoms with Crippen molar-refractivity contribution in [2.45, 2.75) is 154 Å². The third-order valence-corrected chi connectivity index (χ3v) is 9.64. The number of quaternary nitrogens is 1. The lowest BCUT2D eigenvalue weighted by molar-refractivity contribution is -0.870. The second kappa shape index (κ2) is 36.3. The number of hydrogen-bond donors (Lipinski definition) is 3. The van der Waals surface area contributed by atoms with Crippen LogP contribution >= 0.6 is 7.82 Å². The van der Waals surface area contributed by atoms with Gasteiger partial charge < -0.3 is 19.8 Å². The lowest BCUT2D eigenvalue weighted by Crippen LogP contribution is -2.46.